The Bertz CT molecular complexity index is 593. The first-order valence-electron chi connectivity index (χ1n) is 7.08. The largest absolute Gasteiger partial charge is 0.506 e. The third kappa shape index (κ3) is 2.82. The van der Waals surface area contributed by atoms with E-state index in [1.54, 1.807) is 6.07 Å². The number of hydrogen-bond acceptors (Lipinski definition) is 4. The summed E-state index contributed by atoms with van der Waals surface area (Å²) in [5.41, 5.74) is 1.66. The minimum Gasteiger partial charge on any atom is -0.506 e. The van der Waals surface area contributed by atoms with Gasteiger partial charge in [-0.3, -0.25) is 4.98 Å². The van der Waals surface area contributed by atoms with E-state index in [4.69, 9.17) is 0 Å². The Labute approximate surface area is 118 Å². The van der Waals surface area contributed by atoms with E-state index < -0.39 is 0 Å². The average Bonchev–Trinajstić information content (AvgIpc) is 2.90. The zero-order valence-electron chi connectivity index (χ0n) is 11.7. The maximum atomic E-state index is 9.76. The van der Waals surface area contributed by atoms with Crippen LogP contribution in [0, 0.1) is 12.8 Å². The van der Waals surface area contributed by atoms with Crippen molar-refractivity contribution >= 4 is 0 Å². The number of imidazole rings is 1. The molecule has 1 aliphatic rings. The van der Waals surface area contributed by atoms with Gasteiger partial charge in [-0.2, -0.15) is 0 Å². The maximum Gasteiger partial charge on any atom is 0.138 e. The van der Waals surface area contributed by atoms with Crippen molar-refractivity contribution in [2.45, 2.75) is 32.9 Å². The number of rotatable bonds is 4. The second-order valence-corrected chi connectivity index (χ2v) is 5.45. The first-order valence-corrected chi connectivity index (χ1v) is 7.08. The van der Waals surface area contributed by atoms with Crippen LogP contribution in [0.5, 0.6) is 5.75 Å². The Morgan fingerprint density at radius 2 is 2.35 bits per heavy atom. The van der Waals surface area contributed by atoms with Crippen molar-refractivity contribution in [2.75, 3.05) is 6.54 Å². The summed E-state index contributed by atoms with van der Waals surface area (Å²) >= 11 is 0. The van der Waals surface area contributed by atoms with Gasteiger partial charge in [0.25, 0.3) is 0 Å². The Balaban J connectivity index is 1.52. The van der Waals surface area contributed by atoms with Crippen LogP contribution in [0.15, 0.2) is 24.5 Å². The quantitative estimate of drug-likeness (QED) is 0.888. The highest BCUT2D eigenvalue weighted by molar-refractivity contribution is 5.27. The summed E-state index contributed by atoms with van der Waals surface area (Å²) in [4.78, 5) is 8.70. The first kappa shape index (κ1) is 13.1. The van der Waals surface area contributed by atoms with Crippen molar-refractivity contribution < 1.29 is 5.11 Å². The summed E-state index contributed by atoms with van der Waals surface area (Å²) in [5, 5.41) is 13.2. The summed E-state index contributed by atoms with van der Waals surface area (Å²) < 4.78 is 2.23. The Hall–Kier alpha value is -1.88. The van der Waals surface area contributed by atoms with Gasteiger partial charge in [0.15, 0.2) is 0 Å². The summed E-state index contributed by atoms with van der Waals surface area (Å²) in [7, 11) is 0. The smallest absolute Gasteiger partial charge is 0.138 e. The summed E-state index contributed by atoms with van der Waals surface area (Å²) in [6.45, 7) is 4.51. The fraction of sp³-hybridized carbons (Fsp3) is 0.467. The van der Waals surface area contributed by atoms with E-state index in [1.165, 1.54) is 5.82 Å². The molecule has 5 heteroatoms. The molecule has 3 rings (SSSR count). The van der Waals surface area contributed by atoms with Crippen LogP contribution >= 0.6 is 0 Å². The predicted molar refractivity (Wildman–Crippen MR) is 76.4 cm³/mol. The number of fused-ring (bicyclic) bond motifs is 1. The molecule has 5 nitrogen and oxygen atoms in total. The molecule has 0 bridgehead atoms. The molecule has 0 radical (unpaired) electrons. The minimum absolute atomic E-state index is 0.267. The molecule has 3 heterocycles. The number of hydrogen-bond donors (Lipinski definition) is 2. The molecule has 2 N–H and O–H groups in total. The fourth-order valence-electron chi connectivity index (χ4n) is 2.73. The Kier molecular flexibility index (Phi) is 3.69. The SMILES string of the molecule is Cc1ccc(O)c(CNC[C@@H]2CCc3nccn3C2)n1. The summed E-state index contributed by atoms with van der Waals surface area (Å²) in [6, 6.07) is 3.53. The third-order valence-corrected chi connectivity index (χ3v) is 3.85. The molecule has 0 amide bonds. The molecule has 106 valence electrons. The van der Waals surface area contributed by atoms with E-state index in [-0.39, 0.29) is 5.75 Å². The van der Waals surface area contributed by atoms with E-state index in [0.29, 0.717) is 12.5 Å². The number of pyridine rings is 1. The zero-order chi connectivity index (χ0) is 13.9. The Morgan fingerprint density at radius 3 is 3.25 bits per heavy atom. The highest BCUT2D eigenvalue weighted by Gasteiger charge is 2.18. The molecule has 2 aromatic heterocycles. The van der Waals surface area contributed by atoms with Gasteiger partial charge in [0.2, 0.25) is 0 Å². The molecule has 0 unspecified atom stereocenters. The van der Waals surface area contributed by atoms with E-state index in [0.717, 1.165) is 37.3 Å². The highest BCUT2D eigenvalue weighted by atomic mass is 16.3. The molecule has 1 atom stereocenters. The number of nitrogens with zero attached hydrogens (tertiary/aromatic N) is 3. The molecule has 0 saturated carbocycles. The maximum absolute atomic E-state index is 9.76. The molecule has 0 aromatic carbocycles. The summed E-state index contributed by atoms with van der Waals surface area (Å²) in [5.74, 6) is 2.08. The molecule has 0 aliphatic carbocycles. The standard InChI is InChI=1S/C15H20N4O/c1-11-2-4-14(20)13(18-11)9-16-8-12-3-5-15-17-6-7-19(15)10-12/h2,4,6-7,12,16,20H,3,5,8-10H2,1H3/t12-/m0/s1. The second-order valence-electron chi connectivity index (χ2n) is 5.45. The predicted octanol–water partition coefficient (Wildman–Crippen LogP) is 1.64. The van der Waals surface area contributed by atoms with Gasteiger partial charge in [0.1, 0.15) is 11.6 Å². The van der Waals surface area contributed by atoms with Crippen LogP contribution in [-0.2, 0) is 19.5 Å². The van der Waals surface area contributed by atoms with Gasteiger partial charge >= 0.3 is 0 Å². The van der Waals surface area contributed by atoms with Crippen LogP contribution in [-0.4, -0.2) is 26.2 Å². The number of aromatic nitrogens is 3. The van der Waals surface area contributed by atoms with Crippen molar-refractivity contribution in [3.05, 3.63) is 41.7 Å². The molecule has 20 heavy (non-hydrogen) atoms. The van der Waals surface area contributed by atoms with Gasteiger partial charge in [-0.15, -0.1) is 0 Å². The lowest BCUT2D eigenvalue weighted by Gasteiger charge is -2.24. The average molecular weight is 272 g/mol. The van der Waals surface area contributed by atoms with Crippen LogP contribution in [0.1, 0.15) is 23.6 Å². The zero-order valence-corrected chi connectivity index (χ0v) is 11.7. The number of aryl methyl sites for hydroxylation is 2. The lowest BCUT2D eigenvalue weighted by atomic mass is 9.99. The van der Waals surface area contributed by atoms with Crippen LogP contribution < -0.4 is 5.32 Å². The van der Waals surface area contributed by atoms with Crippen LogP contribution in [0.2, 0.25) is 0 Å². The van der Waals surface area contributed by atoms with Crippen molar-refractivity contribution in [1.29, 1.82) is 0 Å². The highest BCUT2D eigenvalue weighted by Crippen LogP contribution is 2.19. The minimum atomic E-state index is 0.267. The van der Waals surface area contributed by atoms with E-state index in [9.17, 15) is 5.11 Å². The van der Waals surface area contributed by atoms with Crippen molar-refractivity contribution in [2.24, 2.45) is 5.92 Å². The third-order valence-electron chi connectivity index (χ3n) is 3.85. The lowest BCUT2D eigenvalue weighted by Crippen LogP contribution is -2.30. The van der Waals surface area contributed by atoms with Gasteiger partial charge in [0.05, 0.1) is 5.69 Å². The van der Waals surface area contributed by atoms with Crippen LogP contribution in [0.25, 0.3) is 0 Å². The molecule has 1 aliphatic heterocycles. The molecule has 0 saturated heterocycles. The molecule has 0 fully saturated rings. The summed E-state index contributed by atoms with van der Waals surface area (Å²) in [6.07, 6.45) is 6.14. The van der Waals surface area contributed by atoms with Gasteiger partial charge in [-0.1, -0.05) is 0 Å². The van der Waals surface area contributed by atoms with E-state index >= 15 is 0 Å². The normalized spacial score (nSPS) is 17.9. The van der Waals surface area contributed by atoms with Crippen molar-refractivity contribution in [3.63, 3.8) is 0 Å². The van der Waals surface area contributed by atoms with Gasteiger partial charge in [0, 0.05) is 44.1 Å². The van der Waals surface area contributed by atoms with Crippen molar-refractivity contribution in [1.82, 2.24) is 19.9 Å². The fourth-order valence-corrected chi connectivity index (χ4v) is 2.73. The van der Waals surface area contributed by atoms with Gasteiger partial charge in [-0.25, -0.2) is 4.98 Å². The van der Waals surface area contributed by atoms with Crippen LogP contribution in [0.3, 0.4) is 0 Å². The molecular weight excluding hydrogens is 252 g/mol. The van der Waals surface area contributed by atoms with Gasteiger partial charge in [-0.05, 0) is 31.4 Å². The number of aromatic hydroxyl groups is 1. The lowest BCUT2D eigenvalue weighted by molar-refractivity contribution is 0.345. The van der Waals surface area contributed by atoms with Crippen LogP contribution in [0.4, 0.5) is 0 Å². The molecular formula is C15H20N4O. The topological polar surface area (TPSA) is 63.0 Å². The monoisotopic (exact) mass is 272 g/mol. The van der Waals surface area contributed by atoms with Crippen molar-refractivity contribution in [3.8, 4) is 5.75 Å². The molecule has 2 aromatic rings. The molecule has 0 spiro atoms. The van der Waals surface area contributed by atoms with Gasteiger partial charge < -0.3 is 15.0 Å². The first-order chi connectivity index (χ1) is 9.72. The van der Waals surface area contributed by atoms with E-state index in [1.807, 2.05) is 19.2 Å². The Morgan fingerprint density at radius 1 is 1.45 bits per heavy atom. The second kappa shape index (κ2) is 5.63. The number of nitrogens with one attached hydrogen (secondary N) is 1. The van der Waals surface area contributed by atoms with E-state index in [2.05, 4.69) is 26.0 Å².